The summed E-state index contributed by atoms with van der Waals surface area (Å²) in [5.41, 5.74) is 0.907. The first-order valence-electron chi connectivity index (χ1n) is 9.19. The fourth-order valence-electron chi connectivity index (χ4n) is 4.59. The monoisotopic (exact) mass is 451 g/mol. The van der Waals surface area contributed by atoms with Crippen LogP contribution in [0.4, 0.5) is 5.82 Å². The number of carbonyl (C=O) groups is 1. The number of thiophene rings is 1. The Morgan fingerprint density at radius 1 is 1.37 bits per heavy atom. The highest BCUT2D eigenvalue weighted by Gasteiger charge is 2.48. The van der Waals surface area contributed by atoms with E-state index in [0.717, 1.165) is 31.2 Å². The molecule has 3 saturated carbocycles. The van der Waals surface area contributed by atoms with Crippen molar-refractivity contribution in [3.05, 3.63) is 43.5 Å². The van der Waals surface area contributed by atoms with E-state index in [0.29, 0.717) is 28.8 Å². The summed E-state index contributed by atoms with van der Waals surface area (Å²) in [5.74, 6) is 0.583. The number of hydrogen-bond donors (Lipinski definition) is 1. The molecular formula is C19H22BrN3O3S. The molecule has 2 heterocycles. The van der Waals surface area contributed by atoms with Crippen LogP contribution in [-0.2, 0) is 16.1 Å². The first-order chi connectivity index (χ1) is 13.1. The molecule has 3 aliphatic carbocycles. The van der Waals surface area contributed by atoms with E-state index in [1.165, 1.54) is 7.11 Å². The summed E-state index contributed by atoms with van der Waals surface area (Å²) in [6.07, 6.45) is 5.96. The molecule has 3 aliphatic rings. The number of nitrogens with one attached hydrogen (secondary N) is 1. The number of hydrogen-bond acceptors (Lipinski definition) is 6. The Hall–Kier alpha value is -1.67. The number of nitrogens with zero attached hydrogens (tertiary/aromatic N) is 2. The van der Waals surface area contributed by atoms with E-state index in [1.54, 1.807) is 22.1 Å². The molecule has 0 amide bonds. The summed E-state index contributed by atoms with van der Waals surface area (Å²) < 4.78 is 7.31. The van der Waals surface area contributed by atoms with E-state index in [1.807, 2.05) is 16.8 Å². The quantitative estimate of drug-likeness (QED) is 0.704. The van der Waals surface area contributed by atoms with Gasteiger partial charge in [-0.1, -0.05) is 0 Å². The van der Waals surface area contributed by atoms with Gasteiger partial charge < -0.3 is 14.6 Å². The normalized spacial score (nSPS) is 26.7. The maximum atomic E-state index is 13.0. The second kappa shape index (κ2) is 7.75. The average Bonchev–Trinajstić information content (AvgIpc) is 3.19. The van der Waals surface area contributed by atoms with Gasteiger partial charge in [-0.25, -0.2) is 4.98 Å². The first kappa shape index (κ1) is 18.7. The minimum Gasteiger partial charge on any atom is -0.469 e. The molecule has 5 rings (SSSR count). The van der Waals surface area contributed by atoms with Crippen LogP contribution in [0.15, 0.2) is 32.4 Å². The predicted octanol–water partition coefficient (Wildman–Crippen LogP) is 3.51. The molecule has 0 aliphatic heterocycles. The lowest BCUT2D eigenvalue weighted by atomic mass is 9.61. The van der Waals surface area contributed by atoms with Crippen molar-refractivity contribution in [2.45, 2.75) is 38.3 Å². The third-order valence-electron chi connectivity index (χ3n) is 5.87. The van der Waals surface area contributed by atoms with Gasteiger partial charge in [-0.3, -0.25) is 9.59 Å². The molecule has 8 heteroatoms. The zero-order chi connectivity index (χ0) is 19.0. The lowest BCUT2D eigenvalue weighted by Crippen LogP contribution is -2.52. The number of aromatic nitrogens is 2. The van der Waals surface area contributed by atoms with Crippen molar-refractivity contribution in [3.8, 4) is 0 Å². The van der Waals surface area contributed by atoms with E-state index in [4.69, 9.17) is 4.74 Å². The van der Waals surface area contributed by atoms with Gasteiger partial charge in [0.1, 0.15) is 4.60 Å². The fourth-order valence-corrected chi connectivity index (χ4v) is 5.67. The summed E-state index contributed by atoms with van der Waals surface area (Å²) in [6, 6.07) is 1.90. The van der Waals surface area contributed by atoms with Gasteiger partial charge in [-0.2, -0.15) is 11.3 Å². The summed E-state index contributed by atoms with van der Waals surface area (Å²) in [4.78, 5) is 29.8. The van der Waals surface area contributed by atoms with Gasteiger partial charge in [0.2, 0.25) is 0 Å². The van der Waals surface area contributed by atoms with Crippen molar-refractivity contribution in [2.24, 2.45) is 17.8 Å². The van der Waals surface area contributed by atoms with E-state index >= 15 is 0 Å². The molecule has 27 heavy (non-hydrogen) atoms. The highest BCUT2D eigenvalue weighted by atomic mass is 79.9. The van der Waals surface area contributed by atoms with E-state index in [-0.39, 0.29) is 23.5 Å². The lowest BCUT2D eigenvalue weighted by molar-refractivity contribution is -0.152. The van der Waals surface area contributed by atoms with Crippen molar-refractivity contribution in [1.82, 2.24) is 9.55 Å². The topological polar surface area (TPSA) is 73.2 Å². The molecule has 0 unspecified atom stereocenters. The zero-order valence-corrected chi connectivity index (χ0v) is 17.5. The lowest BCUT2D eigenvalue weighted by Gasteiger charge is -2.47. The standard InChI is InChI=1S/C19H22BrN3O3S/c1-26-19(25)15-12-2-4-13(5-3-12)16(15)22-17-18(24)23(9-14(20)21-17)8-11-6-7-27-10-11/h6-7,9-10,12-13,15-16H,2-5,8H2,1H3,(H,21,22)/t12?,13?,15-,16-/m0/s1. The van der Waals surface area contributed by atoms with Crippen LogP contribution >= 0.6 is 27.3 Å². The smallest absolute Gasteiger partial charge is 0.311 e. The second-order valence-electron chi connectivity index (χ2n) is 7.37. The van der Waals surface area contributed by atoms with Gasteiger partial charge in [0.15, 0.2) is 5.82 Å². The van der Waals surface area contributed by atoms with Crippen molar-refractivity contribution >= 4 is 39.1 Å². The molecule has 2 atom stereocenters. The molecular weight excluding hydrogens is 430 g/mol. The summed E-state index contributed by atoms with van der Waals surface area (Å²) >= 11 is 5.02. The fraction of sp³-hybridized carbons (Fsp3) is 0.526. The third kappa shape index (κ3) is 3.69. The predicted molar refractivity (Wildman–Crippen MR) is 108 cm³/mol. The van der Waals surface area contributed by atoms with E-state index < -0.39 is 0 Å². The Morgan fingerprint density at radius 2 is 2.11 bits per heavy atom. The van der Waals surface area contributed by atoms with Crippen LogP contribution in [-0.4, -0.2) is 28.7 Å². The van der Waals surface area contributed by atoms with Crippen LogP contribution in [0.3, 0.4) is 0 Å². The van der Waals surface area contributed by atoms with Crippen LogP contribution in [0.1, 0.15) is 31.2 Å². The van der Waals surface area contributed by atoms with Crippen molar-refractivity contribution in [3.63, 3.8) is 0 Å². The molecule has 2 aromatic rings. The second-order valence-corrected chi connectivity index (χ2v) is 8.96. The van der Waals surface area contributed by atoms with Crippen molar-refractivity contribution < 1.29 is 9.53 Å². The molecule has 0 saturated heterocycles. The van der Waals surface area contributed by atoms with Gasteiger partial charge in [0, 0.05) is 12.2 Å². The summed E-state index contributed by atoms with van der Waals surface area (Å²) in [7, 11) is 1.44. The zero-order valence-electron chi connectivity index (χ0n) is 15.1. The Kier molecular flexibility index (Phi) is 5.36. The Bertz CT molecular complexity index is 875. The third-order valence-corrected chi connectivity index (χ3v) is 6.99. The van der Waals surface area contributed by atoms with E-state index in [9.17, 15) is 9.59 Å². The highest BCUT2D eigenvalue weighted by molar-refractivity contribution is 9.10. The van der Waals surface area contributed by atoms with Gasteiger partial charge in [-0.05, 0) is 75.8 Å². The largest absolute Gasteiger partial charge is 0.469 e. The van der Waals surface area contributed by atoms with Crippen molar-refractivity contribution in [1.29, 1.82) is 0 Å². The molecule has 6 nitrogen and oxygen atoms in total. The van der Waals surface area contributed by atoms with Crippen LogP contribution in [0, 0.1) is 17.8 Å². The van der Waals surface area contributed by atoms with Crippen LogP contribution in [0.25, 0.3) is 0 Å². The molecule has 3 fully saturated rings. The molecule has 0 aromatic carbocycles. The van der Waals surface area contributed by atoms with Crippen LogP contribution in [0.2, 0.25) is 0 Å². The molecule has 2 aromatic heterocycles. The van der Waals surface area contributed by atoms with Gasteiger partial charge in [0.05, 0.1) is 19.6 Å². The number of halogens is 1. The maximum absolute atomic E-state index is 13.0. The number of esters is 1. The number of fused-ring (bicyclic) bond motifs is 3. The van der Waals surface area contributed by atoms with Crippen LogP contribution in [0.5, 0.6) is 0 Å². The van der Waals surface area contributed by atoms with Crippen molar-refractivity contribution in [2.75, 3.05) is 12.4 Å². The average molecular weight is 452 g/mol. The summed E-state index contributed by atoms with van der Waals surface area (Å²) in [6.45, 7) is 0.495. The Labute approximate surface area is 170 Å². The number of methoxy groups -OCH3 is 1. The minimum absolute atomic E-state index is 0.103. The maximum Gasteiger partial charge on any atom is 0.311 e. The summed E-state index contributed by atoms with van der Waals surface area (Å²) in [5, 5.41) is 7.36. The van der Waals surface area contributed by atoms with E-state index in [2.05, 4.69) is 26.2 Å². The number of anilines is 1. The Balaban J connectivity index is 1.64. The minimum atomic E-state index is -0.215. The highest BCUT2D eigenvalue weighted by Crippen LogP contribution is 2.46. The molecule has 144 valence electrons. The van der Waals surface area contributed by atoms with Gasteiger partial charge >= 0.3 is 5.97 Å². The molecule has 0 radical (unpaired) electrons. The molecule has 1 N–H and O–H groups in total. The van der Waals surface area contributed by atoms with Gasteiger partial charge in [0.25, 0.3) is 5.56 Å². The Morgan fingerprint density at radius 3 is 2.78 bits per heavy atom. The number of rotatable bonds is 5. The van der Waals surface area contributed by atoms with Crippen LogP contribution < -0.4 is 10.9 Å². The van der Waals surface area contributed by atoms with Gasteiger partial charge in [-0.15, -0.1) is 0 Å². The molecule has 2 bridgehead atoms. The first-order valence-corrected chi connectivity index (χ1v) is 10.9. The SMILES string of the molecule is COC(=O)[C@H]1C2CCC(CC2)[C@@H]1Nc1nc(Br)cn(Cc2ccsc2)c1=O. The number of carbonyl (C=O) groups excluding carboxylic acids is 1. The number of ether oxygens (including phenoxy) is 1. The molecule has 0 spiro atoms.